The van der Waals surface area contributed by atoms with Gasteiger partial charge in [-0.2, -0.15) is 0 Å². The molecule has 0 spiro atoms. The van der Waals surface area contributed by atoms with Crippen LogP contribution in [-0.4, -0.2) is 5.11 Å². The summed E-state index contributed by atoms with van der Waals surface area (Å²) < 4.78 is 0. The van der Waals surface area contributed by atoms with Gasteiger partial charge >= 0.3 is 0 Å². The minimum absolute atomic E-state index is 0.0172. The van der Waals surface area contributed by atoms with Gasteiger partial charge in [0.15, 0.2) is 0 Å². The number of nitrogens with two attached hydrogens (primary N) is 1. The fourth-order valence-corrected chi connectivity index (χ4v) is 1.63. The normalized spacial score (nSPS) is 13.3. The molecule has 1 atom stereocenters. The van der Waals surface area contributed by atoms with Crippen LogP contribution >= 0.6 is 23.2 Å². The number of benzene rings is 1. The first kappa shape index (κ1) is 11.6. The lowest BCUT2D eigenvalue weighted by Crippen LogP contribution is -2.17. The van der Waals surface area contributed by atoms with Gasteiger partial charge in [-0.3, -0.25) is 0 Å². The van der Waals surface area contributed by atoms with Gasteiger partial charge in [0.25, 0.3) is 0 Å². The number of halogens is 2. The van der Waals surface area contributed by atoms with Gasteiger partial charge in [-0.25, -0.2) is 0 Å². The van der Waals surface area contributed by atoms with E-state index in [0.29, 0.717) is 5.02 Å². The quantitative estimate of drug-likeness (QED) is 0.824. The highest BCUT2D eigenvalue weighted by Gasteiger charge is 2.17. The minimum atomic E-state index is -0.166. The smallest absolute Gasteiger partial charge is 0.135 e. The molecule has 0 fully saturated rings. The highest BCUT2D eigenvalue weighted by molar-refractivity contribution is 6.43. The van der Waals surface area contributed by atoms with Crippen LogP contribution in [0.2, 0.25) is 10.0 Å². The average molecular weight is 234 g/mol. The van der Waals surface area contributed by atoms with Crippen LogP contribution in [0.3, 0.4) is 0 Å². The van der Waals surface area contributed by atoms with Crippen molar-refractivity contribution in [1.29, 1.82) is 0 Å². The van der Waals surface area contributed by atoms with E-state index in [2.05, 4.69) is 0 Å². The molecule has 0 heterocycles. The first-order chi connectivity index (χ1) is 6.45. The maximum absolute atomic E-state index is 9.29. The fraction of sp³-hybridized carbons (Fsp3) is 0.400. The first-order valence-corrected chi connectivity index (χ1v) is 5.13. The molecule has 1 unspecified atom stereocenters. The number of phenols is 1. The first-order valence-electron chi connectivity index (χ1n) is 4.37. The van der Waals surface area contributed by atoms with E-state index in [0.717, 1.165) is 5.56 Å². The Labute approximate surface area is 93.6 Å². The van der Waals surface area contributed by atoms with Crippen LogP contribution in [0.15, 0.2) is 12.1 Å². The molecule has 0 aliphatic carbocycles. The number of phenolic OH excluding ortho intramolecular Hbond substituents is 1. The van der Waals surface area contributed by atoms with Gasteiger partial charge in [0.2, 0.25) is 0 Å². The Hall–Kier alpha value is -0.440. The second kappa shape index (κ2) is 4.39. The lowest BCUT2D eigenvalue weighted by Gasteiger charge is -2.18. The van der Waals surface area contributed by atoms with E-state index in [9.17, 15) is 5.11 Å². The molecule has 1 aromatic rings. The van der Waals surface area contributed by atoms with Crippen molar-refractivity contribution in [2.45, 2.75) is 19.9 Å². The molecule has 0 bridgehead atoms. The second-order valence-corrected chi connectivity index (χ2v) is 4.33. The standard InChI is InChI=1S/C10H13Cl2NO/c1-5(2)10(13)6-3-4-7(14)9(12)8(6)11/h3-5,10,14H,13H2,1-2H3. The van der Waals surface area contributed by atoms with Gasteiger partial charge in [-0.1, -0.05) is 43.1 Å². The number of hydrogen-bond donors (Lipinski definition) is 2. The summed E-state index contributed by atoms with van der Waals surface area (Å²) in [4.78, 5) is 0. The molecule has 14 heavy (non-hydrogen) atoms. The van der Waals surface area contributed by atoms with E-state index in [4.69, 9.17) is 28.9 Å². The Bertz CT molecular complexity index is 339. The predicted octanol–water partition coefficient (Wildman–Crippen LogP) is 3.35. The molecule has 78 valence electrons. The number of hydrogen-bond acceptors (Lipinski definition) is 2. The Balaban J connectivity index is 3.17. The van der Waals surface area contributed by atoms with Gasteiger partial charge in [-0.15, -0.1) is 0 Å². The third-order valence-corrected chi connectivity index (χ3v) is 3.06. The Morgan fingerprint density at radius 1 is 1.21 bits per heavy atom. The van der Waals surface area contributed by atoms with Crippen molar-refractivity contribution in [1.82, 2.24) is 0 Å². The summed E-state index contributed by atoms with van der Waals surface area (Å²) in [5, 5.41) is 9.80. The zero-order valence-electron chi connectivity index (χ0n) is 8.09. The fourth-order valence-electron chi connectivity index (χ4n) is 1.17. The summed E-state index contributed by atoms with van der Waals surface area (Å²) >= 11 is 11.8. The average Bonchev–Trinajstić information content (AvgIpc) is 2.13. The van der Waals surface area contributed by atoms with Gasteiger partial charge in [0.05, 0.1) is 5.02 Å². The predicted molar refractivity (Wildman–Crippen MR) is 59.9 cm³/mol. The summed E-state index contributed by atoms with van der Waals surface area (Å²) in [6.45, 7) is 4.00. The Morgan fingerprint density at radius 3 is 2.29 bits per heavy atom. The molecule has 0 aliphatic rings. The third kappa shape index (κ3) is 2.14. The van der Waals surface area contributed by atoms with Crippen molar-refractivity contribution in [3.63, 3.8) is 0 Å². The van der Waals surface area contributed by atoms with Gasteiger partial charge in [-0.05, 0) is 17.5 Å². The Kier molecular flexibility index (Phi) is 3.65. The number of aromatic hydroxyl groups is 1. The van der Waals surface area contributed by atoms with Crippen LogP contribution in [0, 0.1) is 5.92 Å². The third-order valence-electron chi connectivity index (χ3n) is 2.17. The summed E-state index contributed by atoms with van der Waals surface area (Å²) in [7, 11) is 0. The van der Waals surface area contributed by atoms with Crippen LogP contribution in [0.25, 0.3) is 0 Å². The largest absolute Gasteiger partial charge is 0.506 e. The molecule has 0 aliphatic heterocycles. The van der Waals surface area contributed by atoms with Crippen LogP contribution in [0.1, 0.15) is 25.5 Å². The monoisotopic (exact) mass is 233 g/mol. The second-order valence-electron chi connectivity index (χ2n) is 3.57. The SMILES string of the molecule is CC(C)C(N)c1ccc(O)c(Cl)c1Cl. The summed E-state index contributed by atoms with van der Waals surface area (Å²) in [5.41, 5.74) is 6.70. The van der Waals surface area contributed by atoms with Crippen LogP contribution in [-0.2, 0) is 0 Å². The molecule has 4 heteroatoms. The zero-order chi connectivity index (χ0) is 10.9. The van der Waals surface area contributed by atoms with Crippen molar-refractivity contribution < 1.29 is 5.11 Å². The molecular formula is C10H13Cl2NO. The molecular weight excluding hydrogens is 221 g/mol. The van der Waals surface area contributed by atoms with Crippen molar-refractivity contribution in [2.75, 3.05) is 0 Å². The maximum Gasteiger partial charge on any atom is 0.135 e. The lowest BCUT2D eigenvalue weighted by atomic mass is 9.97. The van der Waals surface area contributed by atoms with E-state index < -0.39 is 0 Å². The zero-order valence-corrected chi connectivity index (χ0v) is 9.60. The van der Waals surface area contributed by atoms with E-state index in [-0.39, 0.29) is 22.7 Å². The van der Waals surface area contributed by atoms with E-state index in [1.54, 1.807) is 6.07 Å². The van der Waals surface area contributed by atoms with Crippen molar-refractivity contribution in [3.05, 3.63) is 27.7 Å². The molecule has 0 radical (unpaired) electrons. The molecule has 0 amide bonds. The van der Waals surface area contributed by atoms with Gasteiger partial charge < -0.3 is 10.8 Å². The molecule has 1 rings (SSSR count). The molecule has 2 nitrogen and oxygen atoms in total. The molecule has 1 aromatic carbocycles. The highest BCUT2D eigenvalue weighted by Crippen LogP contribution is 2.37. The van der Waals surface area contributed by atoms with Crippen LogP contribution in [0.4, 0.5) is 0 Å². The van der Waals surface area contributed by atoms with Crippen LogP contribution in [0.5, 0.6) is 5.75 Å². The molecule has 3 N–H and O–H groups in total. The molecule has 0 saturated carbocycles. The summed E-state index contributed by atoms with van der Waals surface area (Å²) in [5.74, 6) is 0.254. The van der Waals surface area contributed by atoms with Gasteiger partial charge in [0.1, 0.15) is 10.8 Å². The maximum atomic E-state index is 9.29. The Morgan fingerprint density at radius 2 is 1.79 bits per heavy atom. The molecule has 0 saturated heterocycles. The van der Waals surface area contributed by atoms with Crippen molar-refractivity contribution >= 4 is 23.2 Å². The van der Waals surface area contributed by atoms with Crippen molar-refractivity contribution in [3.8, 4) is 5.75 Å². The minimum Gasteiger partial charge on any atom is -0.506 e. The van der Waals surface area contributed by atoms with Gasteiger partial charge in [0, 0.05) is 6.04 Å². The van der Waals surface area contributed by atoms with Crippen molar-refractivity contribution in [2.24, 2.45) is 11.7 Å². The molecule has 0 aromatic heterocycles. The highest BCUT2D eigenvalue weighted by atomic mass is 35.5. The summed E-state index contributed by atoms with van der Waals surface area (Å²) in [6.07, 6.45) is 0. The summed E-state index contributed by atoms with van der Waals surface area (Å²) in [6, 6.07) is 3.04. The van der Waals surface area contributed by atoms with E-state index in [1.807, 2.05) is 13.8 Å². The topological polar surface area (TPSA) is 46.2 Å². The lowest BCUT2D eigenvalue weighted by molar-refractivity contribution is 0.473. The van der Waals surface area contributed by atoms with Crippen LogP contribution < -0.4 is 5.73 Å². The van der Waals surface area contributed by atoms with E-state index >= 15 is 0 Å². The number of rotatable bonds is 2. The van der Waals surface area contributed by atoms with E-state index in [1.165, 1.54) is 6.07 Å².